The van der Waals surface area contributed by atoms with Crippen molar-refractivity contribution in [3.63, 3.8) is 0 Å². The van der Waals surface area contributed by atoms with Gasteiger partial charge in [-0.2, -0.15) is 0 Å². The average Bonchev–Trinajstić information content (AvgIpc) is 2.85. The number of likely N-dealkylation sites (tertiary alicyclic amines) is 1. The zero-order valence-corrected chi connectivity index (χ0v) is 22.5. The lowest BCUT2D eigenvalue weighted by Gasteiger charge is -2.33. The van der Waals surface area contributed by atoms with Gasteiger partial charge in [0.1, 0.15) is 0 Å². The van der Waals surface area contributed by atoms with Crippen LogP contribution >= 0.6 is 23.2 Å². The first-order chi connectivity index (χ1) is 17.2. The maximum absolute atomic E-state index is 13.0. The van der Waals surface area contributed by atoms with E-state index in [1.54, 1.807) is 12.1 Å². The number of carbonyl (C=O) groups excluding carboxylic acids is 1. The molecule has 36 heavy (non-hydrogen) atoms. The van der Waals surface area contributed by atoms with E-state index < -0.39 is 15.9 Å². The first-order valence-electron chi connectivity index (χ1n) is 11.6. The number of amides is 1. The number of hydrogen-bond acceptors (Lipinski definition) is 5. The van der Waals surface area contributed by atoms with Crippen molar-refractivity contribution in [2.24, 2.45) is 0 Å². The second kappa shape index (κ2) is 11.2. The molecule has 0 radical (unpaired) electrons. The van der Waals surface area contributed by atoms with Gasteiger partial charge in [-0.1, -0.05) is 41.4 Å². The topological polar surface area (TPSA) is 75.7 Å². The molecule has 0 unspecified atom stereocenters. The molecule has 0 aliphatic carbocycles. The molecule has 1 saturated heterocycles. The third-order valence-electron chi connectivity index (χ3n) is 6.52. The minimum atomic E-state index is -3.71. The standard InChI is InChI=1S/C27H28Cl2N2O4S/c1-18-3-6-23(30-27(32)35-2)16-26(18)20-9-11-31(12-10-20)17-19-4-7-24(8-5-19)36(33,34)25-14-21(28)13-22(29)15-25/h3-8,13-16,20H,9-12,17H2,1-2H3,(H,30,32). The maximum atomic E-state index is 13.0. The Balaban J connectivity index is 1.38. The number of nitrogens with zero attached hydrogens (tertiary/aromatic N) is 1. The van der Waals surface area contributed by atoms with Crippen LogP contribution in [0.3, 0.4) is 0 Å². The number of methoxy groups -OCH3 is 1. The quantitative estimate of drug-likeness (QED) is 0.372. The Morgan fingerprint density at radius 3 is 2.22 bits per heavy atom. The Bertz CT molecular complexity index is 1330. The number of ether oxygens (including phenoxy) is 1. The van der Waals surface area contributed by atoms with E-state index in [0.29, 0.717) is 5.92 Å². The van der Waals surface area contributed by atoms with Crippen molar-refractivity contribution in [1.29, 1.82) is 0 Å². The summed E-state index contributed by atoms with van der Waals surface area (Å²) in [5.74, 6) is 0.415. The molecule has 3 aromatic carbocycles. The smallest absolute Gasteiger partial charge is 0.411 e. The molecule has 1 aliphatic rings. The fraction of sp³-hybridized carbons (Fsp3) is 0.296. The van der Waals surface area contributed by atoms with Crippen molar-refractivity contribution >= 4 is 44.8 Å². The molecule has 0 aromatic heterocycles. The first-order valence-corrected chi connectivity index (χ1v) is 13.9. The minimum absolute atomic E-state index is 0.0796. The average molecular weight is 548 g/mol. The highest BCUT2D eigenvalue weighted by Gasteiger charge is 2.23. The predicted octanol–water partition coefficient (Wildman–Crippen LogP) is 6.69. The van der Waals surface area contributed by atoms with E-state index in [9.17, 15) is 13.2 Å². The number of sulfone groups is 1. The lowest BCUT2D eigenvalue weighted by molar-refractivity contribution is 0.187. The van der Waals surface area contributed by atoms with E-state index in [1.165, 1.54) is 36.4 Å². The molecular formula is C27H28Cl2N2O4S. The molecule has 3 aromatic rings. The molecule has 1 aliphatic heterocycles. The Labute approximate surface area is 222 Å². The van der Waals surface area contributed by atoms with Gasteiger partial charge in [-0.25, -0.2) is 13.2 Å². The summed E-state index contributed by atoms with van der Waals surface area (Å²) in [5.41, 5.74) is 4.25. The maximum Gasteiger partial charge on any atom is 0.411 e. The van der Waals surface area contributed by atoms with Gasteiger partial charge < -0.3 is 4.74 Å². The minimum Gasteiger partial charge on any atom is -0.453 e. The van der Waals surface area contributed by atoms with Gasteiger partial charge in [0.2, 0.25) is 9.84 Å². The SMILES string of the molecule is COC(=O)Nc1ccc(C)c(C2CCN(Cc3ccc(S(=O)(=O)c4cc(Cl)cc(Cl)c4)cc3)CC2)c1. The van der Waals surface area contributed by atoms with E-state index in [1.807, 2.05) is 30.3 Å². The van der Waals surface area contributed by atoms with Crippen LogP contribution in [0.25, 0.3) is 0 Å². The Kier molecular flexibility index (Phi) is 8.25. The van der Waals surface area contributed by atoms with Crippen LogP contribution in [0.4, 0.5) is 10.5 Å². The van der Waals surface area contributed by atoms with Crippen LogP contribution in [-0.2, 0) is 21.1 Å². The summed E-state index contributed by atoms with van der Waals surface area (Å²) in [6.07, 6.45) is 1.53. The van der Waals surface area contributed by atoms with Crippen LogP contribution < -0.4 is 5.32 Å². The molecule has 9 heteroatoms. The van der Waals surface area contributed by atoms with Crippen LogP contribution in [0.15, 0.2) is 70.5 Å². The zero-order valence-electron chi connectivity index (χ0n) is 20.1. The number of rotatable bonds is 6. The summed E-state index contributed by atoms with van der Waals surface area (Å²) in [7, 11) is -2.36. The number of piperidine rings is 1. The van der Waals surface area contributed by atoms with Gasteiger partial charge in [0.25, 0.3) is 0 Å². The lowest BCUT2D eigenvalue weighted by atomic mass is 9.86. The van der Waals surface area contributed by atoms with Crippen LogP contribution in [0.2, 0.25) is 10.0 Å². The number of nitrogens with one attached hydrogen (secondary N) is 1. The number of carbonyl (C=O) groups is 1. The second-order valence-corrected chi connectivity index (χ2v) is 11.8. The van der Waals surface area contributed by atoms with Crippen molar-refractivity contribution < 1.29 is 17.9 Å². The molecule has 1 fully saturated rings. The van der Waals surface area contributed by atoms with Gasteiger partial charge in [0.05, 0.1) is 16.9 Å². The van der Waals surface area contributed by atoms with E-state index >= 15 is 0 Å². The number of hydrogen-bond donors (Lipinski definition) is 1. The molecule has 1 N–H and O–H groups in total. The highest BCUT2D eigenvalue weighted by atomic mass is 35.5. The Hall–Kier alpha value is -2.58. The fourth-order valence-electron chi connectivity index (χ4n) is 4.58. The van der Waals surface area contributed by atoms with Gasteiger partial charge in [-0.15, -0.1) is 0 Å². The fourth-order valence-corrected chi connectivity index (χ4v) is 6.57. The van der Waals surface area contributed by atoms with E-state index in [4.69, 9.17) is 27.9 Å². The summed E-state index contributed by atoms with van der Waals surface area (Å²) in [6.45, 7) is 4.70. The van der Waals surface area contributed by atoms with Crippen molar-refractivity contribution in [2.45, 2.75) is 42.0 Å². The molecule has 4 rings (SSSR count). The molecule has 190 valence electrons. The third kappa shape index (κ3) is 6.21. The lowest BCUT2D eigenvalue weighted by Crippen LogP contribution is -2.32. The number of halogens is 2. The van der Waals surface area contributed by atoms with Gasteiger partial charge in [-0.05, 0) is 97.9 Å². The van der Waals surface area contributed by atoms with E-state index in [-0.39, 0.29) is 19.8 Å². The highest BCUT2D eigenvalue weighted by molar-refractivity contribution is 7.91. The van der Waals surface area contributed by atoms with Crippen LogP contribution in [-0.4, -0.2) is 39.6 Å². The largest absolute Gasteiger partial charge is 0.453 e. The van der Waals surface area contributed by atoms with Crippen molar-refractivity contribution in [3.8, 4) is 0 Å². The van der Waals surface area contributed by atoms with Crippen molar-refractivity contribution in [3.05, 3.63) is 87.4 Å². The molecule has 6 nitrogen and oxygen atoms in total. The van der Waals surface area contributed by atoms with Crippen LogP contribution in [0.5, 0.6) is 0 Å². The first kappa shape index (κ1) is 26.5. The summed E-state index contributed by atoms with van der Waals surface area (Å²) in [4.78, 5) is 14.2. The summed E-state index contributed by atoms with van der Waals surface area (Å²) < 4.78 is 30.7. The number of aryl methyl sites for hydroxylation is 1. The molecule has 0 atom stereocenters. The van der Waals surface area contributed by atoms with Crippen LogP contribution in [0.1, 0.15) is 35.4 Å². The number of benzene rings is 3. The van der Waals surface area contributed by atoms with E-state index in [0.717, 1.165) is 43.7 Å². The van der Waals surface area contributed by atoms with Gasteiger partial charge in [0, 0.05) is 22.3 Å². The summed E-state index contributed by atoms with van der Waals surface area (Å²) in [6, 6.07) is 17.3. The molecule has 0 saturated carbocycles. The van der Waals surface area contributed by atoms with E-state index in [2.05, 4.69) is 17.1 Å². The van der Waals surface area contributed by atoms with Gasteiger partial charge in [-0.3, -0.25) is 10.2 Å². The van der Waals surface area contributed by atoms with Gasteiger partial charge in [0.15, 0.2) is 0 Å². The third-order valence-corrected chi connectivity index (χ3v) is 8.71. The number of anilines is 1. The van der Waals surface area contributed by atoms with Crippen LogP contribution in [0, 0.1) is 6.92 Å². The second-order valence-electron chi connectivity index (χ2n) is 8.99. The summed E-state index contributed by atoms with van der Waals surface area (Å²) >= 11 is 12.0. The normalized spacial score (nSPS) is 15.0. The predicted molar refractivity (Wildman–Crippen MR) is 143 cm³/mol. The molecule has 0 spiro atoms. The Morgan fingerprint density at radius 2 is 1.61 bits per heavy atom. The highest BCUT2D eigenvalue weighted by Crippen LogP contribution is 2.33. The van der Waals surface area contributed by atoms with Gasteiger partial charge >= 0.3 is 6.09 Å². The summed E-state index contributed by atoms with van der Waals surface area (Å²) in [5, 5.41) is 3.30. The molecule has 1 amide bonds. The Morgan fingerprint density at radius 1 is 0.972 bits per heavy atom. The molecule has 1 heterocycles. The molecular weight excluding hydrogens is 519 g/mol. The molecule has 0 bridgehead atoms. The van der Waals surface area contributed by atoms with Crippen molar-refractivity contribution in [2.75, 3.05) is 25.5 Å². The van der Waals surface area contributed by atoms with Crippen molar-refractivity contribution in [1.82, 2.24) is 4.90 Å². The monoisotopic (exact) mass is 546 g/mol. The zero-order chi connectivity index (χ0) is 25.9.